The summed E-state index contributed by atoms with van der Waals surface area (Å²) in [7, 11) is -3.78. The lowest BCUT2D eigenvalue weighted by atomic mass is 10.1. The summed E-state index contributed by atoms with van der Waals surface area (Å²) < 4.78 is 32.2. The van der Waals surface area contributed by atoms with Gasteiger partial charge in [0.25, 0.3) is 5.91 Å². The number of hydrogen-bond donors (Lipinski definition) is 2. The van der Waals surface area contributed by atoms with Gasteiger partial charge in [0.1, 0.15) is 0 Å². The number of carbonyl (C=O) groups excluding carboxylic acids is 3. The Morgan fingerprint density at radius 1 is 0.967 bits per heavy atom. The van der Waals surface area contributed by atoms with Crippen LogP contribution in [0.1, 0.15) is 48.4 Å². The van der Waals surface area contributed by atoms with E-state index in [2.05, 4.69) is 10.0 Å². The third-order valence-electron chi connectivity index (χ3n) is 3.99. The third-order valence-corrected chi connectivity index (χ3v) is 5.64. The molecule has 0 heterocycles. The topological polar surface area (TPSA) is 119 Å². The van der Waals surface area contributed by atoms with E-state index in [4.69, 9.17) is 4.74 Å². The minimum atomic E-state index is -3.78. The summed E-state index contributed by atoms with van der Waals surface area (Å²) in [6, 6.07) is 11.5. The standard InChI is InChI=1S/C21H24N2O6S/c1-13(2)23-30(27,28)17-9-7-8-16(12-17)21(26)29-15(4)20(25)22-19-11-6-5-10-18(19)14(3)24/h5-13,15,23H,1-4H3,(H,22,25). The number of amides is 1. The lowest BCUT2D eigenvalue weighted by Gasteiger charge is -2.15. The monoisotopic (exact) mass is 432 g/mol. The van der Waals surface area contributed by atoms with E-state index in [0.717, 1.165) is 0 Å². The van der Waals surface area contributed by atoms with E-state index in [-0.39, 0.29) is 22.3 Å². The molecule has 2 rings (SSSR count). The zero-order chi connectivity index (χ0) is 22.5. The molecule has 0 radical (unpaired) electrons. The predicted molar refractivity (Wildman–Crippen MR) is 112 cm³/mol. The van der Waals surface area contributed by atoms with E-state index in [1.54, 1.807) is 38.1 Å². The molecule has 0 aliphatic rings. The number of benzene rings is 2. The molecule has 1 amide bonds. The number of hydrogen-bond acceptors (Lipinski definition) is 6. The summed E-state index contributed by atoms with van der Waals surface area (Å²) in [4.78, 5) is 36.4. The quantitative estimate of drug-likeness (QED) is 0.489. The fourth-order valence-corrected chi connectivity index (χ4v) is 3.88. The predicted octanol–water partition coefficient (Wildman–Crippen LogP) is 2.76. The van der Waals surface area contributed by atoms with Gasteiger partial charge in [-0.25, -0.2) is 17.9 Å². The number of esters is 1. The first-order chi connectivity index (χ1) is 14.0. The van der Waals surface area contributed by atoms with Crippen molar-refractivity contribution in [2.45, 2.75) is 44.7 Å². The van der Waals surface area contributed by atoms with E-state index in [9.17, 15) is 22.8 Å². The molecule has 0 spiro atoms. The average molecular weight is 432 g/mol. The van der Waals surface area contributed by atoms with Crippen LogP contribution < -0.4 is 10.0 Å². The minimum Gasteiger partial charge on any atom is -0.449 e. The third kappa shape index (κ3) is 5.98. The van der Waals surface area contributed by atoms with Crippen LogP contribution in [0, 0.1) is 0 Å². The van der Waals surface area contributed by atoms with Crippen molar-refractivity contribution in [1.29, 1.82) is 0 Å². The summed E-state index contributed by atoms with van der Waals surface area (Å²) in [5, 5.41) is 2.56. The molecule has 2 aromatic rings. The maximum atomic E-state index is 12.4. The summed E-state index contributed by atoms with van der Waals surface area (Å²) in [5.74, 6) is -1.69. The van der Waals surface area contributed by atoms with Crippen LogP contribution in [0.25, 0.3) is 0 Å². The molecule has 0 aliphatic heterocycles. The largest absolute Gasteiger partial charge is 0.449 e. The number of sulfonamides is 1. The fourth-order valence-electron chi connectivity index (χ4n) is 2.58. The molecule has 1 atom stereocenters. The van der Waals surface area contributed by atoms with Gasteiger partial charge in [-0.3, -0.25) is 9.59 Å². The maximum Gasteiger partial charge on any atom is 0.338 e. The molecular weight excluding hydrogens is 408 g/mol. The second-order valence-corrected chi connectivity index (χ2v) is 8.66. The molecule has 9 heteroatoms. The number of rotatable bonds is 8. The Bertz CT molecular complexity index is 1060. The molecule has 0 saturated heterocycles. The van der Waals surface area contributed by atoms with Crippen molar-refractivity contribution >= 4 is 33.4 Å². The van der Waals surface area contributed by atoms with Gasteiger partial charge in [0, 0.05) is 11.6 Å². The number of ketones is 1. The van der Waals surface area contributed by atoms with E-state index in [1.165, 1.54) is 38.1 Å². The number of para-hydroxylation sites is 1. The van der Waals surface area contributed by atoms with E-state index in [1.807, 2.05) is 0 Å². The molecule has 2 N–H and O–H groups in total. The number of nitrogens with one attached hydrogen (secondary N) is 2. The Labute approximate surface area is 175 Å². The van der Waals surface area contributed by atoms with Crippen LogP contribution >= 0.6 is 0 Å². The Morgan fingerprint density at radius 3 is 2.27 bits per heavy atom. The first-order valence-corrected chi connectivity index (χ1v) is 10.7. The number of carbonyl (C=O) groups is 3. The van der Waals surface area contributed by atoms with Gasteiger partial charge in [0.05, 0.1) is 16.1 Å². The molecule has 0 aliphatic carbocycles. The molecule has 0 aromatic heterocycles. The maximum absolute atomic E-state index is 12.4. The molecule has 160 valence electrons. The van der Waals surface area contributed by atoms with Gasteiger partial charge < -0.3 is 10.1 Å². The lowest BCUT2D eigenvalue weighted by Crippen LogP contribution is -2.31. The van der Waals surface area contributed by atoms with Crippen LogP contribution in [0.5, 0.6) is 0 Å². The van der Waals surface area contributed by atoms with Gasteiger partial charge in [-0.2, -0.15) is 0 Å². The van der Waals surface area contributed by atoms with Crippen molar-refractivity contribution in [3.8, 4) is 0 Å². The molecule has 2 aromatic carbocycles. The van der Waals surface area contributed by atoms with E-state index < -0.39 is 28.0 Å². The van der Waals surface area contributed by atoms with Crippen LogP contribution in [0.3, 0.4) is 0 Å². The first-order valence-electron chi connectivity index (χ1n) is 9.25. The fraction of sp³-hybridized carbons (Fsp3) is 0.286. The van der Waals surface area contributed by atoms with Crippen LogP contribution in [-0.4, -0.2) is 38.2 Å². The second kappa shape index (κ2) is 9.64. The zero-order valence-corrected chi connectivity index (χ0v) is 17.9. The van der Waals surface area contributed by atoms with Crippen molar-refractivity contribution < 1.29 is 27.5 Å². The highest BCUT2D eigenvalue weighted by Gasteiger charge is 2.22. The van der Waals surface area contributed by atoms with Gasteiger partial charge in [0.2, 0.25) is 10.0 Å². The molecule has 30 heavy (non-hydrogen) atoms. The smallest absolute Gasteiger partial charge is 0.338 e. The van der Waals surface area contributed by atoms with Gasteiger partial charge >= 0.3 is 5.97 Å². The number of Topliss-reactive ketones (excluding diaryl/α,β-unsaturated/α-hetero) is 1. The Hall–Kier alpha value is -3.04. The van der Waals surface area contributed by atoms with Crippen molar-refractivity contribution in [2.75, 3.05) is 5.32 Å². The normalized spacial score (nSPS) is 12.3. The highest BCUT2D eigenvalue weighted by Crippen LogP contribution is 2.17. The lowest BCUT2D eigenvalue weighted by molar-refractivity contribution is -0.123. The van der Waals surface area contributed by atoms with Gasteiger partial charge in [-0.1, -0.05) is 18.2 Å². The first kappa shape index (κ1) is 23.2. The Morgan fingerprint density at radius 2 is 1.63 bits per heavy atom. The van der Waals surface area contributed by atoms with Crippen LogP contribution in [0.2, 0.25) is 0 Å². The number of ether oxygens (including phenoxy) is 1. The van der Waals surface area contributed by atoms with Crippen molar-refractivity contribution in [3.05, 3.63) is 59.7 Å². The molecule has 8 nitrogen and oxygen atoms in total. The van der Waals surface area contributed by atoms with Gasteiger partial charge in [0.15, 0.2) is 11.9 Å². The zero-order valence-electron chi connectivity index (χ0n) is 17.1. The number of anilines is 1. The highest BCUT2D eigenvalue weighted by atomic mass is 32.2. The molecule has 1 unspecified atom stereocenters. The summed E-state index contributed by atoms with van der Waals surface area (Å²) in [6.07, 6.45) is -1.17. The Kier molecular flexibility index (Phi) is 7.47. The summed E-state index contributed by atoms with van der Waals surface area (Å²) in [6.45, 7) is 6.12. The summed E-state index contributed by atoms with van der Waals surface area (Å²) in [5.41, 5.74) is 0.635. The van der Waals surface area contributed by atoms with Crippen molar-refractivity contribution in [3.63, 3.8) is 0 Å². The van der Waals surface area contributed by atoms with Crippen LogP contribution in [0.15, 0.2) is 53.4 Å². The molecular formula is C21H24N2O6S. The van der Waals surface area contributed by atoms with Gasteiger partial charge in [-0.15, -0.1) is 0 Å². The molecule has 0 bridgehead atoms. The van der Waals surface area contributed by atoms with E-state index in [0.29, 0.717) is 11.3 Å². The summed E-state index contributed by atoms with van der Waals surface area (Å²) >= 11 is 0. The SMILES string of the molecule is CC(=O)c1ccccc1NC(=O)C(C)OC(=O)c1cccc(S(=O)(=O)NC(C)C)c1. The Balaban J connectivity index is 2.12. The molecule has 0 saturated carbocycles. The average Bonchev–Trinajstić information content (AvgIpc) is 2.67. The van der Waals surface area contributed by atoms with Crippen LogP contribution in [0.4, 0.5) is 5.69 Å². The molecule has 0 fully saturated rings. The van der Waals surface area contributed by atoms with E-state index >= 15 is 0 Å². The van der Waals surface area contributed by atoms with Crippen molar-refractivity contribution in [1.82, 2.24) is 4.72 Å². The van der Waals surface area contributed by atoms with Crippen molar-refractivity contribution in [2.24, 2.45) is 0 Å². The highest BCUT2D eigenvalue weighted by molar-refractivity contribution is 7.89. The second-order valence-electron chi connectivity index (χ2n) is 6.94. The van der Waals surface area contributed by atoms with Gasteiger partial charge in [-0.05, 0) is 58.0 Å². The van der Waals surface area contributed by atoms with Crippen LogP contribution in [-0.2, 0) is 19.6 Å². The minimum absolute atomic E-state index is 0.00887.